The van der Waals surface area contributed by atoms with E-state index in [9.17, 15) is 4.79 Å². The summed E-state index contributed by atoms with van der Waals surface area (Å²) in [6, 6.07) is 0.590. The summed E-state index contributed by atoms with van der Waals surface area (Å²) in [6.07, 6.45) is 2.39. The van der Waals surface area contributed by atoms with Crippen molar-refractivity contribution in [3.8, 4) is 0 Å². The van der Waals surface area contributed by atoms with Crippen molar-refractivity contribution in [1.29, 1.82) is 0 Å². The summed E-state index contributed by atoms with van der Waals surface area (Å²) in [7, 11) is 3.71. The van der Waals surface area contributed by atoms with E-state index in [1.807, 2.05) is 7.05 Å². The number of carbonyl (C=O) groups excluding carboxylic acids is 1. The highest BCUT2D eigenvalue weighted by Gasteiger charge is 2.23. The van der Waals surface area contributed by atoms with Crippen molar-refractivity contribution >= 4 is 5.91 Å². The topological polar surface area (TPSA) is 44.4 Å². The van der Waals surface area contributed by atoms with Gasteiger partial charge in [0.1, 0.15) is 0 Å². The molecule has 4 heteroatoms. The summed E-state index contributed by atoms with van der Waals surface area (Å²) in [6.45, 7) is 4.88. The molecule has 15 heavy (non-hydrogen) atoms. The number of carbonyl (C=O) groups is 1. The third-order valence-corrected chi connectivity index (χ3v) is 3.44. The predicted octanol–water partition coefficient (Wildman–Crippen LogP) is 0.0523. The average molecular weight is 213 g/mol. The summed E-state index contributed by atoms with van der Waals surface area (Å²) >= 11 is 0. The zero-order valence-corrected chi connectivity index (χ0v) is 10.0. The van der Waals surface area contributed by atoms with Crippen molar-refractivity contribution in [2.45, 2.75) is 25.8 Å². The van der Waals surface area contributed by atoms with Crippen LogP contribution in [0.25, 0.3) is 0 Å². The van der Waals surface area contributed by atoms with E-state index in [1.165, 1.54) is 12.8 Å². The molecule has 0 saturated carbocycles. The maximum Gasteiger partial charge on any atom is 0.233 e. The highest BCUT2D eigenvalue weighted by Crippen LogP contribution is 2.19. The molecule has 1 heterocycles. The van der Waals surface area contributed by atoms with E-state index in [4.69, 9.17) is 0 Å². The molecule has 0 aromatic heterocycles. The minimum absolute atomic E-state index is 0.120. The number of nitrogens with zero attached hydrogens (tertiary/aromatic N) is 1. The number of piperidine rings is 1. The Hall–Kier alpha value is -0.610. The molecule has 1 unspecified atom stereocenters. The number of likely N-dealkylation sites (tertiary alicyclic amines) is 1. The molecule has 0 spiro atoms. The van der Waals surface area contributed by atoms with Gasteiger partial charge in [0.05, 0.1) is 6.54 Å². The van der Waals surface area contributed by atoms with Crippen LogP contribution in [-0.4, -0.2) is 50.6 Å². The fourth-order valence-corrected chi connectivity index (χ4v) is 2.13. The lowest BCUT2D eigenvalue weighted by atomic mass is 9.90. The standard InChI is InChI=1S/C11H23N3O/c1-9(12-2)10-4-6-14(7-5-10)8-11(15)13-3/h9-10,12H,4-8H2,1-3H3,(H,13,15). The van der Waals surface area contributed by atoms with Gasteiger partial charge in [0, 0.05) is 13.1 Å². The van der Waals surface area contributed by atoms with Gasteiger partial charge in [-0.05, 0) is 45.8 Å². The summed E-state index contributed by atoms with van der Waals surface area (Å²) in [5, 5.41) is 5.97. The Morgan fingerprint density at radius 1 is 1.40 bits per heavy atom. The van der Waals surface area contributed by atoms with E-state index in [2.05, 4.69) is 22.5 Å². The average Bonchev–Trinajstić information content (AvgIpc) is 2.29. The Kier molecular flexibility index (Phi) is 5.05. The van der Waals surface area contributed by atoms with Gasteiger partial charge >= 0.3 is 0 Å². The van der Waals surface area contributed by atoms with Crippen molar-refractivity contribution < 1.29 is 4.79 Å². The first-order valence-electron chi connectivity index (χ1n) is 5.77. The molecule has 0 bridgehead atoms. The molecule has 1 rings (SSSR count). The lowest BCUT2D eigenvalue weighted by Crippen LogP contribution is -2.44. The van der Waals surface area contributed by atoms with Crippen LogP contribution in [0.3, 0.4) is 0 Å². The van der Waals surface area contributed by atoms with Gasteiger partial charge in [0.25, 0.3) is 0 Å². The lowest BCUT2D eigenvalue weighted by Gasteiger charge is -2.34. The van der Waals surface area contributed by atoms with Gasteiger partial charge in [0.2, 0.25) is 5.91 Å². The maximum absolute atomic E-state index is 11.2. The third kappa shape index (κ3) is 3.80. The van der Waals surface area contributed by atoms with E-state index in [1.54, 1.807) is 7.05 Å². The molecular weight excluding hydrogens is 190 g/mol. The highest BCUT2D eigenvalue weighted by molar-refractivity contribution is 5.77. The quantitative estimate of drug-likeness (QED) is 0.694. The zero-order chi connectivity index (χ0) is 11.3. The number of nitrogens with one attached hydrogen (secondary N) is 2. The first kappa shape index (κ1) is 12.5. The van der Waals surface area contributed by atoms with Crippen LogP contribution in [0.1, 0.15) is 19.8 Å². The zero-order valence-electron chi connectivity index (χ0n) is 10.0. The molecule has 1 aliphatic heterocycles. The van der Waals surface area contributed by atoms with Crippen LogP contribution in [0, 0.1) is 5.92 Å². The van der Waals surface area contributed by atoms with Crippen molar-refractivity contribution in [2.24, 2.45) is 5.92 Å². The number of rotatable bonds is 4. The fourth-order valence-electron chi connectivity index (χ4n) is 2.13. The van der Waals surface area contributed by atoms with Crippen molar-refractivity contribution in [1.82, 2.24) is 15.5 Å². The van der Waals surface area contributed by atoms with Crippen LogP contribution in [-0.2, 0) is 4.79 Å². The second-order valence-corrected chi connectivity index (χ2v) is 4.36. The van der Waals surface area contributed by atoms with E-state index in [0.29, 0.717) is 12.6 Å². The fraction of sp³-hybridized carbons (Fsp3) is 0.909. The molecule has 0 aromatic carbocycles. The number of likely N-dealkylation sites (N-methyl/N-ethyl adjacent to an activating group) is 1. The second kappa shape index (κ2) is 6.08. The van der Waals surface area contributed by atoms with Crippen LogP contribution in [0.2, 0.25) is 0 Å². The summed E-state index contributed by atoms with van der Waals surface area (Å²) in [4.78, 5) is 13.4. The predicted molar refractivity (Wildman–Crippen MR) is 61.8 cm³/mol. The van der Waals surface area contributed by atoms with Crippen LogP contribution in [0.5, 0.6) is 0 Å². The molecule has 1 atom stereocenters. The molecule has 88 valence electrons. The first-order valence-corrected chi connectivity index (χ1v) is 5.77. The van der Waals surface area contributed by atoms with Gasteiger partial charge in [-0.25, -0.2) is 0 Å². The third-order valence-electron chi connectivity index (χ3n) is 3.44. The SMILES string of the molecule is CNC(=O)CN1CCC(C(C)NC)CC1. The van der Waals surface area contributed by atoms with Crippen LogP contribution in [0.15, 0.2) is 0 Å². The molecule has 0 aromatic rings. The summed E-state index contributed by atoms with van der Waals surface area (Å²) in [5.74, 6) is 0.881. The molecule has 4 nitrogen and oxygen atoms in total. The van der Waals surface area contributed by atoms with E-state index in [0.717, 1.165) is 19.0 Å². The molecule has 0 radical (unpaired) electrons. The second-order valence-electron chi connectivity index (χ2n) is 4.36. The molecule has 1 saturated heterocycles. The lowest BCUT2D eigenvalue weighted by molar-refractivity contribution is -0.122. The number of hydrogen-bond acceptors (Lipinski definition) is 3. The smallest absolute Gasteiger partial charge is 0.233 e. The molecule has 2 N–H and O–H groups in total. The summed E-state index contributed by atoms with van der Waals surface area (Å²) < 4.78 is 0. The minimum atomic E-state index is 0.120. The minimum Gasteiger partial charge on any atom is -0.358 e. The van der Waals surface area contributed by atoms with E-state index in [-0.39, 0.29) is 5.91 Å². The van der Waals surface area contributed by atoms with Gasteiger partial charge in [-0.1, -0.05) is 0 Å². The molecular formula is C11H23N3O. The molecule has 1 fully saturated rings. The maximum atomic E-state index is 11.2. The summed E-state index contributed by atoms with van der Waals surface area (Å²) in [5.41, 5.74) is 0. The Morgan fingerprint density at radius 3 is 2.47 bits per heavy atom. The van der Waals surface area contributed by atoms with E-state index >= 15 is 0 Å². The highest BCUT2D eigenvalue weighted by atomic mass is 16.1. The number of amides is 1. The Balaban J connectivity index is 2.26. The van der Waals surface area contributed by atoms with Gasteiger partial charge < -0.3 is 10.6 Å². The Morgan fingerprint density at radius 2 is 2.00 bits per heavy atom. The van der Waals surface area contributed by atoms with Crippen molar-refractivity contribution in [3.05, 3.63) is 0 Å². The molecule has 0 aliphatic carbocycles. The van der Waals surface area contributed by atoms with Crippen LogP contribution >= 0.6 is 0 Å². The number of hydrogen-bond donors (Lipinski definition) is 2. The van der Waals surface area contributed by atoms with Gasteiger partial charge in [0.15, 0.2) is 0 Å². The molecule has 1 amide bonds. The van der Waals surface area contributed by atoms with Gasteiger partial charge in [-0.15, -0.1) is 0 Å². The normalized spacial score (nSPS) is 21.3. The van der Waals surface area contributed by atoms with Crippen molar-refractivity contribution in [3.63, 3.8) is 0 Å². The Bertz CT molecular complexity index is 200. The Labute approximate surface area is 92.4 Å². The van der Waals surface area contributed by atoms with Crippen LogP contribution in [0.4, 0.5) is 0 Å². The van der Waals surface area contributed by atoms with E-state index < -0.39 is 0 Å². The van der Waals surface area contributed by atoms with Crippen LogP contribution < -0.4 is 10.6 Å². The first-order chi connectivity index (χ1) is 7.17. The largest absolute Gasteiger partial charge is 0.358 e. The van der Waals surface area contributed by atoms with Gasteiger partial charge in [-0.3, -0.25) is 9.69 Å². The monoisotopic (exact) mass is 213 g/mol. The van der Waals surface area contributed by atoms with Crippen molar-refractivity contribution in [2.75, 3.05) is 33.7 Å². The van der Waals surface area contributed by atoms with Gasteiger partial charge in [-0.2, -0.15) is 0 Å². The molecule has 1 aliphatic rings.